The Balaban J connectivity index is 2.35. The Morgan fingerprint density at radius 1 is 1.24 bits per heavy atom. The Kier molecular flexibility index (Phi) is 5.11. The van der Waals surface area contributed by atoms with Gasteiger partial charge in [0.25, 0.3) is 0 Å². The second kappa shape index (κ2) is 6.50. The molecule has 0 spiro atoms. The quantitative estimate of drug-likeness (QED) is 0.694. The summed E-state index contributed by atoms with van der Waals surface area (Å²) in [6.07, 6.45) is -2.52. The third-order valence-electron chi connectivity index (χ3n) is 3.15. The van der Waals surface area contributed by atoms with E-state index >= 15 is 0 Å². The summed E-state index contributed by atoms with van der Waals surface area (Å²) in [4.78, 5) is 1.80. The summed E-state index contributed by atoms with van der Waals surface area (Å²) in [5.74, 6) is 0. The number of hydrogen-bond acceptors (Lipinski definition) is 2. The molecule has 1 unspecified atom stereocenters. The Morgan fingerprint density at radius 2 is 1.95 bits per heavy atom. The fraction of sp³-hybridized carbons (Fsp3) is 0.333. The van der Waals surface area contributed by atoms with Crippen molar-refractivity contribution in [2.24, 2.45) is 5.73 Å². The summed E-state index contributed by atoms with van der Waals surface area (Å²) in [7, 11) is 0. The van der Waals surface area contributed by atoms with Crippen molar-refractivity contribution in [1.29, 1.82) is 0 Å². The molecule has 0 aliphatic heterocycles. The number of alkyl halides is 3. The second-order valence-electron chi connectivity index (χ2n) is 4.79. The predicted octanol–water partition coefficient (Wildman–Crippen LogP) is 6.00. The molecule has 2 aromatic rings. The zero-order valence-electron chi connectivity index (χ0n) is 11.4. The van der Waals surface area contributed by atoms with E-state index in [1.807, 2.05) is 12.1 Å². The summed E-state index contributed by atoms with van der Waals surface area (Å²) in [5, 5.41) is 0. The molecule has 114 valence electrons. The molecular weight excluding hydrogens is 363 g/mol. The molecule has 1 aromatic carbocycles. The van der Waals surface area contributed by atoms with Crippen LogP contribution in [0.3, 0.4) is 0 Å². The van der Waals surface area contributed by atoms with Gasteiger partial charge in [0.1, 0.15) is 0 Å². The Labute approximate surface area is 134 Å². The maximum Gasteiger partial charge on any atom is 0.417 e. The lowest BCUT2D eigenvalue weighted by molar-refractivity contribution is -0.138. The van der Waals surface area contributed by atoms with Crippen LogP contribution in [-0.4, -0.2) is 0 Å². The lowest BCUT2D eigenvalue weighted by Gasteiger charge is -2.10. The van der Waals surface area contributed by atoms with Gasteiger partial charge in [-0.05, 0) is 36.2 Å². The van der Waals surface area contributed by atoms with E-state index in [4.69, 9.17) is 5.73 Å². The van der Waals surface area contributed by atoms with Crippen LogP contribution in [0.25, 0.3) is 10.4 Å². The van der Waals surface area contributed by atoms with Crippen LogP contribution in [-0.2, 0) is 6.18 Å². The van der Waals surface area contributed by atoms with E-state index in [-0.39, 0.29) is 10.5 Å². The number of rotatable bonds is 4. The van der Waals surface area contributed by atoms with Crippen molar-refractivity contribution in [3.8, 4) is 10.4 Å². The van der Waals surface area contributed by atoms with Crippen LogP contribution in [0.1, 0.15) is 36.2 Å². The SMILES string of the molecule is CCCC(N)c1ccc(-c2ccc(Br)c(C(F)(F)F)c2)s1. The molecule has 1 atom stereocenters. The molecule has 0 aliphatic carbocycles. The van der Waals surface area contributed by atoms with E-state index in [9.17, 15) is 13.2 Å². The molecule has 2 N–H and O–H groups in total. The molecular formula is C15H15BrF3NS. The van der Waals surface area contributed by atoms with Gasteiger partial charge in [-0.15, -0.1) is 11.3 Å². The number of hydrogen-bond donors (Lipinski definition) is 1. The molecule has 0 aliphatic rings. The van der Waals surface area contributed by atoms with E-state index in [0.717, 1.165) is 22.6 Å². The molecule has 1 nitrogen and oxygen atoms in total. The van der Waals surface area contributed by atoms with Gasteiger partial charge >= 0.3 is 6.18 Å². The van der Waals surface area contributed by atoms with Crippen molar-refractivity contribution in [2.75, 3.05) is 0 Å². The monoisotopic (exact) mass is 377 g/mol. The molecule has 0 saturated heterocycles. The highest BCUT2D eigenvalue weighted by Crippen LogP contribution is 2.39. The zero-order valence-corrected chi connectivity index (χ0v) is 13.8. The van der Waals surface area contributed by atoms with Gasteiger partial charge < -0.3 is 5.73 Å². The van der Waals surface area contributed by atoms with Gasteiger partial charge in [0.15, 0.2) is 0 Å². The van der Waals surface area contributed by atoms with Crippen LogP contribution < -0.4 is 5.73 Å². The fourth-order valence-corrected chi connectivity index (χ4v) is 3.57. The molecule has 0 saturated carbocycles. The van der Waals surface area contributed by atoms with E-state index in [1.165, 1.54) is 23.5 Å². The molecule has 0 amide bonds. The minimum absolute atomic E-state index is 0.0497. The molecule has 1 aromatic heterocycles. The lowest BCUT2D eigenvalue weighted by Crippen LogP contribution is -2.07. The minimum Gasteiger partial charge on any atom is -0.323 e. The van der Waals surface area contributed by atoms with Crippen molar-refractivity contribution >= 4 is 27.3 Å². The van der Waals surface area contributed by atoms with Crippen LogP contribution in [0, 0.1) is 0 Å². The number of nitrogens with two attached hydrogens (primary N) is 1. The lowest BCUT2D eigenvalue weighted by atomic mass is 10.1. The summed E-state index contributed by atoms with van der Waals surface area (Å²) < 4.78 is 38.8. The van der Waals surface area contributed by atoms with Crippen molar-refractivity contribution in [2.45, 2.75) is 32.0 Å². The number of benzene rings is 1. The van der Waals surface area contributed by atoms with Gasteiger partial charge in [0, 0.05) is 20.3 Å². The molecule has 2 rings (SSSR count). The Bertz CT molecular complexity index is 622. The van der Waals surface area contributed by atoms with Crippen LogP contribution in [0.5, 0.6) is 0 Å². The molecule has 6 heteroatoms. The summed E-state index contributed by atoms with van der Waals surface area (Å²) in [5.41, 5.74) is 5.94. The van der Waals surface area contributed by atoms with Crippen LogP contribution in [0.4, 0.5) is 13.2 Å². The van der Waals surface area contributed by atoms with Gasteiger partial charge in [-0.2, -0.15) is 13.2 Å². The first-order valence-electron chi connectivity index (χ1n) is 6.55. The summed E-state index contributed by atoms with van der Waals surface area (Å²) in [6, 6.07) is 7.97. The van der Waals surface area contributed by atoms with Crippen molar-refractivity contribution in [3.05, 3.63) is 45.2 Å². The smallest absolute Gasteiger partial charge is 0.323 e. The maximum absolute atomic E-state index is 12.9. The molecule has 0 radical (unpaired) electrons. The maximum atomic E-state index is 12.9. The van der Waals surface area contributed by atoms with Gasteiger partial charge in [0.05, 0.1) is 5.56 Å². The summed E-state index contributed by atoms with van der Waals surface area (Å²) in [6.45, 7) is 2.05. The highest BCUT2D eigenvalue weighted by atomic mass is 79.9. The first kappa shape index (κ1) is 16.5. The molecule has 0 bridgehead atoms. The van der Waals surface area contributed by atoms with Crippen molar-refractivity contribution < 1.29 is 13.2 Å². The summed E-state index contributed by atoms with van der Waals surface area (Å²) >= 11 is 4.40. The third-order valence-corrected chi connectivity index (χ3v) is 5.11. The zero-order chi connectivity index (χ0) is 15.6. The molecule has 0 fully saturated rings. The van der Waals surface area contributed by atoms with Crippen LogP contribution >= 0.6 is 27.3 Å². The van der Waals surface area contributed by atoms with Crippen LogP contribution in [0.2, 0.25) is 0 Å². The predicted molar refractivity (Wildman–Crippen MR) is 84.3 cm³/mol. The van der Waals surface area contributed by atoms with Crippen molar-refractivity contribution in [1.82, 2.24) is 0 Å². The topological polar surface area (TPSA) is 26.0 Å². The average molecular weight is 378 g/mol. The normalized spacial score (nSPS) is 13.4. The Morgan fingerprint density at radius 3 is 2.57 bits per heavy atom. The molecule has 21 heavy (non-hydrogen) atoms. The number of thiophene rings is 1. The minimum atomic E-state index is -4.37. The van der Waals surface area contributed by atoms with Gasteiger partial charge in [0.2, 0.25) is 0 Å². The van der Waals surface area contributed by atoms with E-state index in [0.29, 0.717) is 5.56 Å². The van der Waals surface area contributed by atoms with E-state index in [2.05, 4.69) is 22.9 Å². The highest BCUT2D eigenvalue weighted by molar-refractivity contribution is 9.10. The number of halogens is 4. The van der Waals surface area contributed by atoms with E-state index in [1.54, 1.807) is 6.07 Å². The average Bonchev–Trinajstić information content (AvgIpc) is 2.88. The standard InChI is InChI=1S/C15H15BrF3NS/c1-2-3-12(20)14-7-6-13(21-14)9-4-5-11(16)10(8-9)15(17,18)19/h4-8,12H,2-3,20H2,1H3. The molecule has 1 heterocycles. The van der Waals surface area contributed by atoms with Gasteiger partial charge in [-0.3, -0.25) is 0 Å². The Hall–Kier alpha value is -0.850. The first-order chi connectivity index (χ1) is 9.82. The highest BCUT2D eigenvalue weighted by Gasteiger charge is 2.33. The third kappa shape index (κ3) is 3.87. The van der Waals surface area contributed by atoms with Crippen molar-refractivity contribution in [3.63, 3.8) is 0 Å². The van der Waals surface area contributed by atoms with Gasteiger partial charge in [-0.1, -0.05) is 35.3 Å². The fourth-order valence-electron chi connectivity index (χ4n) is 2.06. The van der Waals surface area contributed by atoms with E-state index < -0.39 is 11.7 Å². The van der Waals surface area contributed by atoms with Crippen LogP contribution in [0.15, 0.2) is 34.8 Å². The first-order valence-corrected chi connectivity index (χ1v) is 8.16. The van der Waals surface area contributed by atoms with Gasteiger partial charge in [-0.25, -0.2) is 0 Å². The second-order valence-corrected chi connectivity index (χ2v) is 6.76. The largest absolute Gasteiger partial charge is 0.417 e.